The second-order valence-corrected chi connectivity index (χ2v) is 2.26. The molecule has 64 valence electrons. The van der Waals surface area contributed by atoms with Gasteiger partial charge in [-0.2, -0.15) is 4.98 Å². The van der Waals surface area contributed by atoms with E-state index in [0.29, 0.717) is 10.9 Å². The van der Waals surface area contributed by atoms with Gasteiger partial charge in [-0.25, -0.2) is 4.98 Å². The fourth-order valence-electron chi connectivity index (χ4n) is 0.816. The molecule has 0 saturated heterocycles. The van der Waals surface area contributed by atoms with Crippen molar-refractivity contribution < 1.29 is 0 Å². The highest BCUT2D eigenvalue weighted by molar-refractivity contribution is 6.28. The standard InChI is InChI=1S/C6H4ClN3.C2H6/c7-6-9-4-2-1-3-8-5(4)10-6;1-2/h1-3H,(H,8,9,10);1-2H3. The summed E-state index contributed by atoms with van der Waals surface area (Å²) in [4.78, 5) is 10.7. The molecule has 0 radical (unpaired) electrons. The van der Waals surface area contributed by atoms with Crippen LogP contribution in [0, 0.1) is 0 Å². The molecule has 0 bridgehead atoms. The summed E-state index contributed by atoms with van der Waals surface area (Å²) in [5.74, 6) is 0. The molecule has 0 aliphatic carbocycles. The minimum atomic E-state index is 0.383. The van der Waals surface area contributed by atoms with E-state index in [2.05, 4.69) is 15.0 Å². The first-order chi connectivity index (χ1) is 5.86. The zero-order valence-electron chi connectivity index (χ0n) is 7.00. The van der Waals surface area contributed by atoms with Gasteiger partial charge in [0.1, 0.15) is 0 Å². The van der Waals surface area contributed by atoms with Gasteiger partial charge in [0.15, 0.2) is 5.65 Å². The molecule has 0 aromatic carbocycles. The Morgan fingerprint density at radius 2 is 2.17 bits per heavy atom. The van der Waals surface area contributed by atoms with Crippen molar-refractivity contribution in [2.75, 3.05) is 0 Å². The predicted molar refractivity (Wildman–Crippen MR) is 50.2 cm³/mol. The van der Waals surface area contributed by atoms with E-state index in [4.69, 9.17) is 11.6 Å². The van der Waals surface area contributed by atoms with Crippen LogP contribution < -0.4 is 0 Å². The summed E-state index contributed by atoms with van der Waals surface area (Å²) in [6.07, 6.45) is 1.68. The highest BCUT2D eigenvalue weighted by atomic mass is 35.5. The molecule has 0 fully saturated rings. The molecule has 1 N–H and O–H groups in total. The topological polar surface area (TPSA) is 41.6 Å². The van der Waals surface area contributed by atoms with Crippen LogP contribution in [0.25, 0.3) is 11.2 Å². The molecule has 3 nitrogen and oxygen atoms in total. The van der Waals surface area contributed by atoms with Crippen molar-refractivity contribution in [2.24, 2.45) is 0 Å². The summed E-state index contributed by atoms with van der Waals surface area (Å²) in [6.45, 7) is 4.00. The van der Waals surface area contributed by atoms with E-state index >= 15 is 0 Å². The number of imidazole rings is 1. The molecule has 2 aromatic rings. The minimum absolute atomic E-state index is 0.383. The average molecular weight is 184 g/mol. The molecule has 0 unspecified atom stereocenters. The van der Waals surface area contributed by atoms with Crippen LogP contribution in [0.4, 0.5) is 0 Å². The van der Waals surface area contributed by atoms with Crippen molar-refractivity contribution in [3.05, 3.63) is 23.6 Å². The van der Waals surface area contributed by atoms with Gasteiger partial charge < -0.3 is 4.98 Å². The second-order valence-electron chi connectivity index (χ2n) is 1.90. The van der Waals surface area contributed by atoms with E-state index in [9.17, 15) is 0 Å². The second kappa shape index (κ2) is 4.07. The van der Waals surface area contributed by atoms with Crippen LogP contribution in [-0.2, 0) is 0 Å². The first-order valence-corrected chi connectivity index (χ1v) is 4.20. The zero-order valence-corrected chi connectivity index (χ0v) is 7.76. The van der Waals surface area contributed by atoms with Gasteiger partial charge >= 0.3 is 0 Å². The van der Waals surface area contributed by atoms with Gasteiger partial charge in [-0.3, -0.25) is 0 Å². The predicted octanol–water partition coefficient (Wildman–Crippen LogP) is 2.64. The van der Waals surface area contributed by atoms with Crippen molar-refractivity contribution >= 4 is 22.8 Å². The summed E-state index contributed by atoms with van der Waals surface area (Å²) in [5.41, 5.74) is 1.53. The van der Waals surface area contributed by atoms with Gasteiger partial charge in [-0.1, -0.05) is 13.8 Å². The third kappa shape index (κ3) is 1.74. The molecule has 0 saturated carbocycles. The van der Waals surface area contributed by atoms with Gasteiger partial charge in [-0.05, 0) is 23.7 Å². The highest BCUT2D eigenvalue weighted by Gasteiger charge is 1.97. The van der Waals surface area contributed by atoms with E-state index in [-0.39, 0.29) is 0 Å². The van der Waals surface area contributed by atoms with E-state index in [1.54, 1.807) is 6.20 Å². The van der Waals surface area contributed by atoms with Crippen molar-refractivity contribution in [3.63, 3.8) is 0 Å². The highest BCUT2D eigenvalue weighted by Crippen LogP contribution is 2.09. The number of H-pyrrole nitrogens is 1. The Kier molecular flexibility index (Phi) is 3.05. The normalized spacial score (nSPS) is 9.25. The number of hydrogen-bond acceptors (Lipinski definition) is 2. The van der Waals surface area contributed by atoms with E-state index in [1.807, 2.05) is 26.0 Å². The molecule has 0 aliphatic heterocycles. The Morgan fingerprint density at radius 3 is 2.83 bits per heavy atom. The Morgan fingerprint density at radius 1 is 1.42 bits per heavy atom. The Balaban J connectivity index is 0.000000336. The van der Waals surface area contributed by atoms with Crippen LogP contribution in [0.1, 0.15) is 13.8 Å². The lowest BCUT2D eigenvalue weighted by Crippen LogP contribution is -1.71. The number of aromatic nitrogens is 3. The number of aromatic amines is 1. The molecule has 2 rings (SSSR count). The summed E-state index contributed by atoms with van der Waals surface area (Å²) in [5, 5.41) is 0.383. The minimum Gasteiger partial charge on any atom is -0.327 e. The van der Waals surface area contributed by atoms with Crippen molar-refractivity contribution in [1.29, 1.82) is 0 Å². The maximum Gasteiger partial charge on any atom is 0.202 e. The first-order valence-electron chi connectivity index (χ1n) is 3.82. The molecule has 4 heteroatoms. The van der Waals surface area contributed by atoms with Crippen molar-refractivity contribution in [3.8, 4) is 0 Å². The lowest BCUT2D eigenvalue weighted by Gasteiger charge is -1.80. The number of nitrogens with zero attached hydrogens (tertiary/aromatic N) is 2. The van der Waals surface area contributed by atoms with Gasteiger partial charge in [-0.15, -0.1) is 0 Å². The summed E-state index contributed by atoms with van der Waals surface area (Å²) >= 11 is 5.58. The monoisotopic (exact) mass is 183 g/mol. The van der Waals surface area contributed by atoms with Gasteiger partial charge in [0.05, 0.1) is 5.52 Å². The lowest BCUT2D eigenvalue weighted by molar-refractivity contribution is 1.30. The van der Waals surface area contributed by atoms with Crippen LogP contribution >= 0.6 is 11.6 Å². The van der Waals surface area contributed by atoms with Crippen molar-refractivity contribution in [1.82, 2.24) is 15.0 Å². The molecular weight excluding hydrogens is 174 g/mol. The molecule has 0 aliphatic rings. The van der Waals surface area contributed by atoms with Gasteiger partial charge in [0.2, 0.25) is 5.28 Å². The maximum atomic E-state index is 5.58. The molecule has 0 atom stereocenters. The summed E-state index contributed by atoms with van der Waals surface area (Å²) in [6, 6.07) is 3.71. The van der Waals surface area contributed by atoms with E-state index in [0.717, 1.165) is 5.52 Å². The van der Waals surface area contributed by atoms with E-state index in [1.165, 1.54) is 0 Å². The fourth-order valence-corrected chi connectivity index (χ4v) is 0.998. The Hall–Kier alpha value is -1.09. The lowest BCUT2D eigenvalue weighted by atomic mass is 10.4. The van der Waals surface area contributed by atoms with Gasteiger partial charge in [0, 0.05) is 6.20 Å². The summed E-state index contributed by atoms with van der Waals surface area (Å²) in [7, 11) is 0. The van der Waals surface area contributed by atoms with Crippen LogP contribution in [-0.4, -0.2) is 15.0 Å². The SMILES string of the molecule is CC.Clc1nc2ncccc2[nH]1. The smallest absolute Gasteiger partial charge is 0.202 e. The number of halogens is 1. The Bertz CT molecular complexity index is 323. The maximum absolute atomic E-state index is 5.58. The molecule has 0 spiro atoms. The summed E-state index contributed by atoms with van der Waals surface area (Å²) < 4.78 is 0. The molecular formula is C8H10ClN3. The van der Waals surface area contributed by atoms with E-state index < -0.39 is 0 Å². The Labute approximate surface area is 75.8 Å². The number of fused-ring (bicyclic) bond motifs is 1. The quantitative estimate of drug-likeness (QED) is 0.682. The van der Waals surface area contributed by atoms with Crippen molar-refractivity contribution in [2.45, 2.75) is 13.8 Å². The third-order valence-corrected chi connectivity index (χ3v) is 1.41. The van der Waals surface area contributed by atoms with Crippen LogP contribution in [0.5, 0.6) is 0 Å². The molecule has 2 aromatic heterocycles. The number of hydrogen-bond donors (Lipinski definition) is 1. The average Bonchev–Trinajstić information content (AvgIpc) is 2.48. The third-order valence-electron chi connectivity index (χ3n) is 1.23. The first kappa shape index (κ1) is 9.00. The molecule has 0 amide bonds. The van der Waals surface area contributed by atoms with Crippen LogP contribution in [0.2, 0.25) is 5.28 Å². The number of pyridine rings is 1. The fraction of sp³-hybridized carbons (Fsp3) is 0.250. The largest absolute Gasteiger partial charge is 0.327 e. The molecule has 2 heterocycles. The number of rotatable bonds is 0. The number of nitrogens with one attached hydrogen (secondary N) is 1. The van der Waals surface area contributed by atoms with Gasteiger partial charge in [0.25, 0.3) is 0 Å². The van der Waals surface area contributed by atoms with Crippen LogP contribution in [0.3, 0.4) is 0 Å². The van der Waals surface area contributed by atoms with Crippen LogP contribution in [0.15, 0.2) is 18.3 Å². The zero-order chi connectivity index (χ0) is 8.97. The molecule has 12 heavy (non-hydrogen) atoms.